The predicted molar refractivity (Wildman–Crippen MR) is 252 cm³/mol. The summed E-state index contributed by atoms with van der Waals surface area (Å²) in [7, 11) is 0. The molecule has 0 amide bonds. The van der Waals surface area contributed by atoms with Crippen LogP contribution in [0.4, 0.5) is 0 Å². The van der Waals surface area contributed by atoms with Crippen molar-refractivity contribution in [2.24, 2.45) is 0 Å². The fraction of sp³-hybridized carbons (Fsp3) is 0.107. The molecule has 6 heteroatoms. The summed E-state index contributed by atoms with van der Waals surface area (Å²) in [6, 6.07) is 62.4. The maximum atomic E-state index is 9.76. The van der Waals surface area contributed by atoms with E-state index in [-0.39, 0.29) is 26.4 Å². The minimum atomic E-state index is -0.0935. The van der Waals surface area contributed by atoms with Crippen molar-refractivity contribution in [1.82, 2.24) is 0 Å². The lowest BCUT2D eigenvalue weighted by atomic mass is 9.92. The normalized spacial score (nSPS) is 11.5. The summed E-state index contributed by atoms with van der Waals surface area (Å²) in [5.74, 6) is 2.84. The fourth-order valence-electron chi connectivity index (χ4n) is 8.88. The first-order valence-electron chi connectivity index (χ1n) is 21.0. The summed E-state index contributed by atoms with van der Waals surface area (Å²) in [6.07, 6.45) is 0. The van der Waals surface area contributed by atoms with Crippen molar-refractivity contribution in [2.75, 3.05) is 26.4 Å². The molecule has 10 aromatic rings. The molecule has 0 bridgehead atoms. The lowest BCUT2D eigenvalue weighted by Crippen LogP contribution is -2.05. The first-order valence-corrected chi connectivity index (χ1v) is 21.0. The van der Waals surface area contributed by atoms with E-state index in [4.69, 9.17) is 18.9 Å². The van der Waals surface area contributed by atoms with Gasteiger partial charge in [-0.25, -0.2) is 0 Å². The molecule has 0 radical (unpaired) electrons. The molecule has 0 aromatic heterocycles. The Labute approximate surface area is 359 Å². The third-order valence-electron chi connectivity index (χ3n) is 11.6. The van der Waals surface area contributed by atoms with Crippen LogP contribution in [-0.4, -0.2) is 36.6 Å². The van der Waals surface area contributed by atoms with Gasteiger partial charge in [-0.15, -0.1) is 0 Å². The van der Waals surface area contributed by atoms with Gasteiger partial charge in [0.1, 0.15) is 49.4 Å². The molecule has 304 valence electrons. The van der Waals surface area contributed by atoms with Gasteiger partial charge in [0.25, 0.3) is 0 Å². The minimum Gasteiger partial charge on any atom is -0.491 e. The summed E-state index contributed by atoms with van der Waals surface area (Å²) >= 11 is 0. The first-order chi connectivity index (χ1) is 30.7. The van der Waals surface area contributed by atoms with E-state index >= 15 is 0 Å². The molecule has 6 nitrogen and oxygen atoms in total. The van der Waals surface area contributed by atoms with Gasteiger partial charge in [0.05, 0.1) is 13.2 Å². The lowest BCUT2D eigenvalue weighted by Gasteiger charge is -2.21. The van der Waals surface area contributed by atoms with Crippen molar-refractivity contribution in [3.05, 3.63) is 193 Å². The van der Waals surface area contributed by atoms with Crippen LogP contribution in [0.25, 0.3) is 76.1 Å². The van der Waals surface area contributed by atoms with Gasteiger partial charge < -0.3 is 29.2 Å². The highest BCUT2D eigenvalue weighted by molar-refractivity contribution is 6.11. The van der Waals surface area contributed by atoms with Gasteiger partial charge in [0, 0.05) is 22.3 Å². The number of benzene rings is 10. The molecule has 0 saturated heterocycles. The first kappa shape index (κ1) is 38.8. The van der Waals surface area contributed by atoms with E-state index in [0.717, 1.165) is 98.7 Å². The molecule has 62 heavy (non-hydrogen) atoms. The highest BCUT2D eigenvalue weighted by Crippen LogP contribution is 2.47. The highest BCUT2D eigenvalue weighted by Gasteiger charge is 2.22. The van der Waals surface area contributed by atoms with Crippen LogP contribution >= 0.6 is 0 Å². The average Bonchev–Trinajstić information content (AvgIpc) is 3.33. The zero-order valence-electron chi connectivity index (χ0n) is 34.1. The zero-order chi connectivity index (χ0) is 41.8. The SMILES string of the molecule is OCCOc1ccc2ccccc2c1-c1c(OCc2cccc3cccc(COc4ccc5ccccc5c4-c4c(OCCO)ccc5ccccc45)c23)ccc2ccccc12. The Hall–Kier alpha value is -7.38. The number of rotatable bonds is 14. The van der Waals surface area contributed by atoms with Crippen molar-refractivity contribution in [3.8, 4) is 45.3 Å². The molecule has 2 N–H and O–H groups in total. The Morgan fingerprint density at radius 2 is 0.597 bits per heavy atom. The average molecular weight is 813 g/mol. The summed E-state index contributed by atoms with van der Waals surface area (Å²) in [5, 5.41) is 30.2. The quantitative estimate of drug-likeness (QED) is 0.114. The molecular formula is C56H44O6. The molecule has 0 aliphatic heterocycles. The topological polar surface area (TPSA) is 77.4 Å². The van der Waals surface area contributed by atoms with E-state index < -0.39 is 0 Å². The Balaban J connectivity index is 1.05. The molecule has 0 aliphatic rings. The van der Waals surface area contributed by atoms with Gasteiger partial charge in [0.2, 0.25) is 0 Å². The van der Waals surface area contributed by atoms with Crippen LogP contribution in [0, 0.1) is 0 Å². The van der Waals surface area contributed by atoms with Crippen LogP contribution < -0.4 is 18.9 Å². The fourth-order valence-corrected chi connectivity index (χ4v) is 8.88. The Morgan fingerprint density at radius 1 is 0.290 bits per heavy atom. The molecule has 0 heterocycles. The second-order valence-electron chi connectivity index (χ2n) is 15.3. The smallest absolute Gasteiger partial charge is 0.128 e. The number of aliphatic hydroxyl groups excluding tert-OH is 2. The van der Waals surface area contributed by atoms with Gasteiger partial charge in [-0.3, -0.25) is 0 Å². The Bertz CT molecular complexity index is 3030. The molecule has 0 aliphatic carbocycles. The summed E-state index contributed by atoms with van der Waals surface area (Å²) in [6.45, 7) is 0.774. The van der Waals surface area contributed by atoms with E-state index in [2.05, 4.69) is 133 Å². The molecule has 10 aromatic carbocycles. The summed E-state index contributed by atoms with van der Waals surface area (Å²) < 4.78 is 26.3. The van der Waals surface area contributed by atoms with E-state index in [0.29, 0.717) is 24.7 Å². The second kappa shape index (κ2) is 17.3. The van der Waals surface area contributed by atoms with Crippen molar-refractivity contribution in [2.45, 2.75) is 13.2 Å². The van der Waals surface area contributed by atoms with Crippen molar-refractivity contribution in [1.29, 1.82) is 0 Å². The zero-order valence-corrected chi connectivity index (χ0v) is 34.1. The van der Waals surface area contributed by atoms with Gasteiger partial charge in [-0.1, -0.05) is 158 Å². The van der Waals surface area contributed by atoms with Crippen LogP contribution in [0.1, 0.15) is 11.1 Å². The largest absolute Gasteiger partial charge is 0.491 e. The molecule has 10 rings (SSSR count). The summed E-state index contributed by atoms with van der Waals surface area (Å²) in [4.78, 5) is 0. The van der Waals surface area contributed by atoms with Crippen LogP contribution in [-0.2, 0) is 13.2 Å². The Morgan fingerprint density at radius 3 is 0.935 bits per heavy atom. The second-order valence-corrected chi connectivity index (χ2v) is 15.3. The molecule has 0 fully saturated rings. The van der Waals surface area contributed by atoms with E-state index in [1.165, 1.54) is 0 Å². The third-order valence-corrected chi connectivity index (χ3v) is 11.6. The standard InChI is InChI=1S/C56H44O6/c57-31-33-59-48-27-23-37-11-1-5-19-44(37)53(48)55-46-21-7-3-13-39(46)25-29-50(55)61-35-42-17-9-15-41-16-10-18-43(52(41)42)36-62-51-30-26-40-14-4-8-22-47(40)56(51)54-45-20-6-2-12-38(45)24-28-49(54)60-34-32-58/h1-30,57-58H,31-36H2. The summed E-state index contributed by atoms with van der Waals surface area (Å²) in [5.41, 5.74) is 5.80. The monoisotopic (exact) mass is 812 g/mol. The van der Waals surface area contributed by atoms with Crippen molar-refractivity contribution in [3.63, 3.8) is 0 Å². The Kier molecular flexibility index (Phi) is 10.8. The van der Waals surface area contributed by atoms with Gasteiger partial charge in [-0.05, 0) is 89.3 Å². The van der Waals surface area contributed by atoms with Gasteiger partial charge >= 0.3 is 0 Å². The van der Waals surface area contributed by atoms with Gasteiger partial charge in [-0.2, -0.15) is 0 Å². The maximum absolute atomic E-state index is 9.76. The predicted octanol–water partition coefficient (Wildman–Crippen LogP) is 12.7. The van der Waals surface area contributed by atoms with Crippen LogP contribution in [0.3, 0.4) is 0 Å². The molecule has 0 atom stereocenters. The number of aliphatic hydroxyl groups is 2. The van der Waals surface area contributed by atoms with E-state index in [1.54, 1.807) is 0 Å². The highest BCUT2D eigenvalue weighted by atomic mass is 16.5. The number of hydrogen-bond donors (Lipinski definition) is 2. The number of ether oxygens (including phenoxy) is 4. The molecule has 0 unspecified atom stereocenters. The third kappa shape index (κ3) is 7.30. The molecule has 0 spiro atoms. The van der Waals surface area contributed by atoms with Crippen molar-refractivity contribution < 1.29 is 29.2 Å². The van der Waals surface area contributed by atoms with Crippen molar-refractivity contribution >= 4 is 53.9 Å². The number of hydrogen-bond acceptors (Lipinski definition) is 6. The lowest BCUT2D eigenvalue weighted by molar-refractivity contribution is 0.202. The van der Waals surface area contributed by atoms with Gasteiger partial charge in [0.15, 0.2) is 0 Å². The minimum absolute atomic E-state index is 0.0935. The maximum Gasteiger partial charge on any atom is 0.128 e. The van der Waals surface area contributed by atoms with E-state index in [1.807, 2.05) is 48.5 Å². The molecular weight excluding hydrogens is 769 g/mol. The number of fused-ring (bicyclic) bond motifs is 5. The van der Waals surface area contributed by atoms with Crippen LogP contribution in [0.2, 0.25) is 0 Å². The van der Waals surface area contributed by atoms with Crippen LogP contribution in [0.5, 0.6) is 23.0 Å². The van der Waals surface area contributed by atoms with Crippen LogP contribution in [0.15, 0.2) is 182 Å². The molecule has 0 saturated carbocycles. The van der Waals surface area contributed by atoms with E-state index in [9.17, 15) is 10.2 Å².